The van der Waals surface area contributed by atoms with Crippen molar-refractivity contribution in [3.8, 4) is 5.75 Å². The van der Waals surface area contributed by atoms with Crippen LogP contribution in [0.5, 0.6) is 5.75 Å². The molecule has 1 amide bonds. The smallest absolute Gasteiger partial charge is 0.247 e. The molecule has 0 unspecified atom stereocenters. The van der Waals surface area contributed by atoms with Gasteiger partial charge in [0, 0.05) is 19.2 Å². The Hall–Kier alpha value is -1.73. The second-order valence-electron chi connectivity index (χ2n) is 6.10. The fraction of sp³-hybridized carbons (Fsp3) is 0.533. The molecule has 0 aliphatic carbocycles. The highest BCUT2D eigenvalue weighted by atomic mass is 32.2. The normalized spacial score (nSPS) is 22.0. The van der Waals surface area contributed by atoms with Gasteiger partial charge < -0.3 is 20.3 Å². The molecule has 27 heavy (non-hydrogen) atoms. The van der Waals surface area contributed by atoms with Gasteiger partial charge in [-0.15, -0.1) is 0 Å². The van der Waals surface area contributed by atoms with Crippen molar-refractivity contribution in [3.63, 3.8) is 0 Å². The standard InChI is InChI=1S/C15H22N2O8S2/c1-10(19)16-11-3-4-14(25-2)15(7-11)27(23,24)17(5-6-18)12-8-26(21,22)9-13(12)20/h3-4,7,12-13,18,20H,5-6,8-9H2,1-2H3,(H,16,19)/t12-,13-/m0/s1. The molecule has 1 aromatic rings. The third kappa shape index (κ3) is 4.76. The number of nitrogens with zero attached hydrogens (tertiary/aromatic N) is 1. The van der Waals surface area contributed by atoms with Gasteiger partial charge in [-0.1, -0.05) is 0 Å². The summed E-state index contributed by atoms with van der Waals surface area (Å²) in [6, 6.07) is 2.73. The van der Waals surface area contributed by atoms with Gasteiger partial charge in [-0.25, -0.2) is 16.8 Å². The maximum atomic E-state index is 13.2. The zero-order valence-electron chi connectivity index (χ0n) is 14.8. The number of benzene rings is 1. The van der Waals surface area contributed by atoms with E-state index >= 15 is 0 Å². The lowest BCUT2D eigenvalue weighted by Crippen LogP contribution is -2.47. The van der Waals surface area contributed by atoms with Gasteiger partial charge in [0.15, 0.2) is 9.84 Å². The highest BCUT2D eigenvalue weighted by molar-refractivity contribution is 7.92. The van der Waals surface area contributed by atoms with Gasteiger partial charge in [-0.2, -0.15) is 4.31 Å². The number of amides is 1. The summed E-state index contributed by atoms with van der Waals surface area (Å²) in [5.74, 6) is -1.55. The van der Waals surface area contributed by atoms with Crippen LogP contribution in [0.15, 0.2) is 23.1 Å². The van der Waals surface area contributed by atoms with E-state index in [0.29, 0.717) is 0 Å². The molecule has 12 heteroatoms. The number of carbonyl (C=O) groups is 1. The second-order valence-corrected chi connectivity index (χ2v) is 10.1. The van der Waals surface area contributed by atoms with Crippen molar-refractivity contribution < 1.29 is 36.6 Å². The molecule has 2 rings (SSSR count). The van der Waals surface area contributed by atoms with E-state index in [1.54, 1.807) is 0 Å². The average Bonchev–Trinajstić information content (AvgIpc) is 2.84. The monoisotopic (exact) mass is 422 g/mol. The molecule has 1 heterocycles. The van der Waals surface area contributed by atoms with E-state index in [0.717, 1.165) is 4.31 Å². The second kappa shape index (κ2) is 8.10. The molecule has 0 bridgehead atoms. The van der Waals surface area contributed by atoms with Crippen molar-refractivity contribution in [1.29, 1.82) is 0 Å². The lowest BCUT2D eigenvalue weighted by atomic mass is 10.2. The molecule has 3 N–H and O–H groups in total. The third-order valence-corrected chi connectivity index (χ3v) is 7.70. The fourth-order valence-electron chi connectivity index (χ4n) is 2.93. The zero-order chi connectivity index (χ0) is 20.4. The number of aliphatic hydroxyl groups is 2. The number of rotatable bonds is 7. The van der Waals surface area contributed by atoms with Crippen molar-refractivity contribution in [2.24, 2.45) is 0 Å². The van der Waals surface area contributed by atoms with Crippen LogP contribution in [0.25, 0.3) is 0 Å². The number of anilines is 1. The summed E-state index contributed by atoms with van der Waals surface area (Å²) >= 11 is 0. The van der Waals surface area contributed by atoms with E-state index in [-0.39, 0.29) is 16.3 Å². The Morgan fingerprint density at radius 3 is 2.52 bits per heavy atom. The molecular weight excluding hydrogens is 400 g/mol. The quantitative estimate of drug-likeness (QED) is 0.496. The Morgan fingerprint density at radius 2 is 2.04 bits per heavy atom. The van der Waals surface area contributed by atoms with Gasteiger partial charge in [0.2, 0.25) is 15.9 Å². The molecule has 10 nitrogen and oxygen atoms in total. The summed E-state index contributed by atoms with van der Waals surface area (Å²) in [6.07, 6.45) is -1.42. The highest BCUT2D eigenvalue weighted by Gasteiger charge is 2.45. The molecular formula is C15H22N2O8S2. The molecule has 1 fully saturated rings. The van der Waals surface area contributed by atoms with Crippen LogP contribution in [0.2, 0.25) is 0 Å². The van der Waals surface area contributed by atoms with Crippen LogP contribution >= 0.6 is 0 Å². The topological polar surface area (TPSA) is 150 Å². The predicted molar refractivity (Wildman–Crippen MR) is 96.7 cm³/mol. The van der Waals surface area contributed by atoms with Gasteiger partial charge in [-0.05, 0) is 18.2 Å². The van der Waals surface area contributed by atoms with Crippen LogP contribution in [0.3, 0.4) is 0 Å². The highest BCUT2D eigenvalue weighted by Crippen LogP contribution is 2.32. The molecule has 0 radical (unpaired) electrons. The molecule has 152 valence electrons. The van der Waals surface area contributed by atoms with Crippen LogP contribution in [0.1, 0.15) is 6.92 Å². The van der Waals surface area contributed by atoms with Crippen LogP contribution in [0, 0.1) is 0 Å². The maximum Gasteiger partial charge on any atom is 0.247 e. The lowest BCUT2D eigenvalue weighted by molar-refractivity contribution is -0.114. The summed E-state index contributed by atoms with van der Waals surface area (Å²) in [4.78, 5) is 10.9. The Bertz CT molecular complexity index is 914. The molecule has 0 saturated carbocycles. The average molecular weight is 422 g/mol. The Morgan fingerprint density at radius 1 is 1.37 bits per heavy atom. The summed E-state index contributed by atoms with van der Waals surface area (Å²) < 4.78 is 55.9. The summed E-state index contributed by atoms with van der Waals surface area (Å²) in [5, 5.41) is 21.8. The molecule has 1 aliphatic rings. The van der Waals surface area contributed by atoms with Crippen molar-refractivity contribution in [3.05, 3.63) is 18.2 Å². The molecule has 1 saturated heterocycles. The SMILES string of the molecule is COc1ccc(NC(C)=O)cc1S(=O)(=O)N(CCO)[C@H]1CS(=O)(=O)C[C@@H]1O. The Balaban J connectivity index is 2.54. The van der Waals surface area contributed by atoms with Crippen molar-refractivity contribution >= 4 is 31.5 Å². The van der Waals surface area contributed by atoms with Crippen LogP contribution < -0.4 is 10.1 Å². The minimum absolute atomic E-state index is 0.0256. The van der Waals surface area contributed by atoms with Gasteiger partial charge >= 0.3 is 0 Å². The minimum Gasteiger partial charge on any atom is -0.495 e. The first-order valence-corrected chi connectivity index (χ1v) is 11.2. The first-order chi connectivity index (χ1) is 12.5. The van der Waals surface area contributed by atoms with Gasteiger partial charge in [0.05, 0.1) is 37.4 Å². The summed E-state index contributed by atoms with van der Waals surface area (Å²) in [7, 11) is -6.71. The molecule has 0 spiro atoms. The van der Waals surface area contributed by atoms with E-state index < -0.39 is 62.6 Å². The van der Waals surface area contributed by atoms with Crippen LogP contribution in [-0.4, -0.2) is 81.2 Å². The summed E-state index contributed by atoms with van der Waals surface area (Å²) in [5.41, 5.74) is 0.199. The Kier molecular flexibility index (Phi) is 6.47. The van der Waals surface area contributed by atoms with Crippen molar-refractivity contribution in [1.82, 2.24) is 4.31 Å². The number of carbonyl (C=O) groups excluding carboxylic acids is 1. The molecule has 2 atom stereocenters. The number of ether oxygens (including phenoxy) is 1. The fourth-order valence-corrected chi connectivity index (χ4v) is 6.66. The number of aliphatic hydroxyl groups excluding tert-OH is 2. The third-order valence-electron chi connectivity index (χ3n) is 4.05. The van der Waals surface area contributed by atoms with E-state index in [4.69, 9.17) is 4.74 Å². The van der Waals surface area contributed by atoms with E-state index in [1.807, 2.05) is 0 Å². The number of nitrogens with one attached hydrogen (secondary N) is 1. The largest absolute Gasteiger partial charge is 0.495 e. The number of hydrogen-bond donors (Lipinski definition) is 3. The maximum absolute atomic E-state index is 13.2. The number of sulfone groups is 1. The molecule has 1 aromatic carbocycles. The number of sulfonamides is 1. The zero-order valence-corrected chi connectivity index (χ0v) is 16.5. The van der Waals surface area contributed by atoms with Gasteiger partial charge in [-0.3, -0.25) is 4.79 Å². The van der Waals surface area contributed by atoms with E-state index in [1.165, 1.54) is 32.2 Å². The molecule has 1 aliphatic heterocycles. The van der Waals surface area contributed by atoms with E-state index in [9.17, 15) is 31.8 Å². The summed E-state index contributed by atoms with van der Waals surface area (Å²) in [6.45, 7) is 0.277. The van der Waals surface area contributed by atoms with E-state index in [2.05, 4.69) is 5.32 Å². The van der Waals surface area contributed by atoms with Gasteiger partial charge in [0.1, 0.15) is 10.6 Å². The minimum atomic E-state index is -4.36. The predicted octanol–water partition coefficient (Wildman–Crippen LogP) is -1.21. The van der Waals surface area contributed by atoms with Crippen LogP contribution in [-0.2, 0) is 24.7 Å². The first-order valence-electron chi connectivity index (χ1n) is 7.98. The van der Waals surface area contributed by atoms with Crippen LogP contribution in [0.4, 0.5) is 5.69 Å². The van der Waals surface area contributed by atoms with Gasteiger partial charge in [0.25, 0.3) is 0 Å². The lowest BCUT2D eigenvalue weighted by Gasteiger charge is -2.29. The van der Waals surface area contributed by atoms with Crippen molar-refractivity contribution in [2.45, 2.75) is 24.0 Å². The Labute approximate surface area is 157 Å². The first kappa shape index (κ1) is 21.6. The van der Waals surface area contributed by atoms with Crippen molar-refractivity contribution in [2.75, 3.05) is 37.1 Å². The number of hydrogen-bond acceptors (Lipinski definition) is 8. The molecule has 0 aromatic heterocycles. The number of methoxy groups -OCH3 is 1.